The van der Waals surface area contributed by atoms with Crippen LogP contribution >= 0.6 is 0 Å². The van der Waals surface area contributed by atoms with E-state index in [1.165, 1.54) is 45.4 Å². The normalized spacial score (nSPS) is 46.1. The van der Waals surface area contributed by atoms with E-state index in [-0.39, 0.29) is 0 Å². The summed E-state index contributed by atoms with van der Waals surface area (Å²) in [6.45, 7) is 9.85. The van der Waals surface area contributed by atoms with Crippen molar-refractivity contribution in [2.45, 2.75) is 57.3 Å². The van der Waals surface area contributed by atoms with E-state index in [9.17, 15) is 0 Å². The molecule has 0 saturated carbocycles. The van der Waals surface area contributed by atoms with Crippen molar-refractivity contribution in [1.29, 1.82) is 0 Å². The number of nitrogens with zero attached hydrogens (tertiary/aromatic N) is 2. The molecule has 3 rings (SSSR count). The predicted octanol–water partition coefficient (Wildman–Crippen LogP) is 0.905. The first-order valence-corrected chi connectivity index (χ1v) is 6.98. The van der Waals surface area contributed by atoms with Gasteiger partial charge in [0, 0.05) is 43.8 Å². The highest BCUT2D eigenvalue weighted by molar-refractivity contribution is 4.99. The number of hydrogen-bond acceptors (Lipinski definition) is 3. The van der Waals surface area contributed by atoms with Crippen molar-refractivity contribution in [1.82, 2.24) is 15.1 Å². The lowest BCUT2D eigenvalue weighted by Gasteiger charge is -2.41. The van der Waals surface area contributed by atoms with Crippen LogP contribution in [0.15, 0.2) is 0 Å². The number of piperazine rings is 1. The van der Waals surface area contributed by atoms with Crippen LogP contribution in [0, 0.1) is 0 Å². The highest BCUT2D eigenvalue weighted by atomic mass is 15.3. The largest absolute Gasteiger partial charge is 0.309 e. The summed E-state index contributed by atoms with van der Waals surface area (Å²) in [5.74, 6) is 0. The first kappa shape index (κ1) is 11.0. The van der Waals surface area contributed by atoms with Crippen LogP contribution in [0.3, 0.4) is 0 Å². The van der Waals surface area contributed by atoms with Gasteiger partial charge >= 0.3 is 0 Å². The zero-order valence-corrected chi connectivity index (χ0v) is 10.7. The summed E-state index contributed by atoms with van der Waals surface area (Å²) in [6.07, 6.45) is 4.28. The second-order valence-corrected chi connectivity index (χ2v) is 6.02. The Bertz CT molecular complexity index is 246. The van der Waals surface area contributed by atoms with E-state index >= 15 is 0 Å². The van der Waals surface area contributed by atoms with Crippen molar-refractivity contribution < 1.29 is 0 Å². The second-order valence-electron chi connectivity index (χ2n) is 6.02. The van der Waals surface area contributed by atoms with Crippen LogP contribution < -0.4 is 5.32 Å². The van der Waals surface area contributed by atoms with Crippen LogP contribution in [0.25, 0.3) is 0 Å². The van der Waals surface area contributed by atoms with E-state index in [0.29, 0.717) is 12.1 Å². The zero-order valence-electron chi connectivity index (χ0n) is 10.7. The van der Waals surface area contributed by atoms with Crippen LogP contribution in [-0.2, 0) is 0 Å². The summed E-state index contributed by atoms with van der Waals surface area (Å²) >= 11 is 0. The molecule has 1 N–H and O–H groups in total. The first-order chi connectivity index (χ1) is 7.74. The molecule has 0 radical (unpaired) electrons. The molecule has 0 spiro atoms. The molecule has 0 aromatic rings. The van der Waals surface area contributed by atoms with E-state index in [1.54, 1.807) is 0 Å². The van der Waals surface area contributed by atoms with Gasteiger partial charge in [-0.3, -0.25) is 9.80 Å². The topological polar surface area (TPSA) is 18.5 Å². The third-order valence-corrected chi connectivity index (χ3v) is 4.63. The fourth-order valence-corrected chi connectivity index (χ4v) is 4.12. The minimum atomic E-state index is 0.666. The van der Waals surface area contributed by atoms with E-state index in [2.05, 4.69) is 29.0 Å². The zero-order chi connectivity index (χ0) is 11.1. The smallest absolute Gasteiger partial charge is 0.0265 e. The minimum absolute atomic E-state index is 0.666. The molecule has 3 fully saturated rings. The Balaban J connectivity index is 1.68. The van der Waals surface area contributed by atoms with Crippen molar-refractivity contribution in [2.75, 3.05) is 26.2 Å². The lowest BCUT2D eigenvalue weighted by atomic mass is 10.0. The number of rotatable bonds is 1. The minimum Gasteiger partial charge on any atom is -0.309 e. The second kappa shape index (κ2) is 4.28. The van der Waals surface area contributed by atoms with Crippen LogP contribution in [0.2, 0.25) is 0 Å². The lowest BCUT2D eigenvalue weighted by molar-refractivity contribution is 0.103. The van der Waals surface area contributed by atoms with Gasteiger partial charge in [-0.25, -0.2) is 0 Å². The Hall–Kier alpha value is -0.120. The molecule has 3 nitrogen and oxygen atoms in total. The summed E-state index contributed by atoms with van der Waals surface area (Å²) in [5.41, 5.74) is 0. The van der Waals surface area contributed by atoms with Gasteiger partial charge in [0.05, 0.1) is 0 Å². The Morgan fingerprint density at radius 1 is 0.875 bits per heavy atom. The van der Waals surface area contributed by atoms with Crippen molar-refractivity contribution in [3.05, 3.63) is 0 Å². The fourth-order valence-electron chi connectivity index (χ4n) is 4.12. The molecule has 0 aromatic heterocycles. The first-order valence-electron chi connectivity index (χ1n) is 6.98. The maximum absolute atomic E-state index is 3.64. The summed E-state index contributed by atoms with van der Waals surface area (Å²) in [7, 11) is 0. The Kier molecular flexibility index (Phi) is 2.94. The molecule has 3 aliphatic rings. The molecule has 3 saturated heterocycles. The predicted molar refractivity (Wildman–Crippen MR) is 66.6 cm³/mol. The lowest BCUT2D eigenvalue weighted by Crippen LogP contribution is -2.58. The average molecular weight is 223 g/mol. The Labute approximate surface area is 99.2 Å². The molecule has 3 heterocycles. The Morgan fingerprint density at radius 3 is 2.31 bits per heavy atom. The van der Waals surface area contributed by atoms with Gasteiger partial charge in [-0.2, -0.15) is 0 Å². The van der Waals surface area contributed by atoms with Gasteiger partial charge in [0.2, 0.25) is 0 Å². The molecular weight excluding hydrogens is 198 g/mol. The number of fused-ring (bicyclic) bond motifs is 1. The van der Waals surface area contributed by atoms with E-state index < -0.39 is 0 Å². The van der Waals surface area contributed by atoms with E-state index in [4.69, 9.17) is 0 Å². The van der Waals surface area contributed by atoms with Gasteiger partial charge in [0.1, 0.15) is 0 Å². The molecule has 92 valence electrons. The molecule has 0 aromatic carbocycles. The number of hydrogen-bond donors (Lipinski definition) is 1. The van der Waals surface area contributed by atoms with Gasteiger partial charge in [0.15, 0.2) is 0 Å². The summed E-state index contributed by atoms with van der Waals surface area (Å²) in [6, 6.07) is 3.07. The molecule has 0 bridgehead atoms. The molecule has 4 unspecified atom stereocenters. The van der Waals surface area contributed by atoms with Crippen LogP contribution in [0.4, 0.5) is 0 Å². The fraction of sp³-hybridized carbons (Fsp3) is 1.00. The van der Waals surface area contributed by atoms with Gasteiger partial charge in [-0.05, 0) is 39.7 Å². The van der Waals surface area contributed by atoms with Gasteiger partial charge in [0.25, 0.3) is 0 Å². The molecule has 3 heteroatoms. The highest BCUT2D eigenvalue weighted by Gasteiger charge is 2.41. The third-order valence-electron chi connectivity index (χ3n) is 4.63. The average Bonchev–Trinajstić information content (AvgIpc) is 2.75. The van der Waals surface area contributed by atoms with E-state index in [1.807, 2.05) is 0 Å². The van der Waals surface area contributed by atoms with Crippen molar-refractivity contribution in [3.8, 4) is 0 Å². The third kappa shape index (κ3) is 1.89. The number of nitrogens with one attached hydrogen (secondary N) is 1. The monoisotopic (exact) mass is 223 g/mol. The van der Waals surface area contributed by atoms with Crippen molar-refractivity contribution in [3.63, 3.8) is 0 Å². The van der Waals surface area contributed by atoms with Gasteiger partial charge in [-0.1, -0.05) is 0 Å². The highest BCUT2D eigenvalue weighted by Crippen LogP contribution is 2.31. The maximum atomic E-state index is 3.64. The quantitative estimate of drug-likeness (QED) is 0.713. The van der Waals surface area contributed by atoms with Gasteiger partial charge < -0.3 is 5.32 Å². The molecule has 0 aliphatic carbocycles. The summed E-state index contributed by atoms with van der Waals surface area (Å²) < 4.78 is 0. The maximum Gasteiger partial charge on any atom is 0.0265 e. The standard InChI is InChI=1S/C13H25N3/c1-10-8-16(9-11(2)14-10)13-5-7-15-6-3-4-12(13)15/h10-14H,3-9H2,1-2H3. The summed E-state index contributed by atoms with van der Waals surface area (Å²) in [5, 5.41) is 3.64. The van der Waals surface area contributed by atoms with Crippen molar-refractivity contribution in [2.24, 2.45) is 0 Å². The van der Waals surface area contributed by atoms with Crippen LogP contribution in [0.1, 0.15) is 33.1 Å². The van der Waals surface area contributed by atoms with Crippen molar-refractivity contribution >= 4 is 0 Å². The molecular formula is C13H25N3. The molecule has 16 heavy (non-hydrogen) atoms. The van der Waals surface area contributed by atoms with Crippen LogP contribution in [0.5, 0.6) is 0 Å². The van der Waals surface area contributed by atoms with Crippen LogP contribution in [-0.4, -0.2) is 60.1 Å². The van der Waals surface area contributed by atoms with Gasteiger partial charge in [-0.15, -0.1) is 0 Å². The molecule has 3 aliphatic heterocycles. The SMILES string of the molecule is CC1CN(C2CCN3CCCC23)CC(C)N1. The summed E-state index contributed by atoms with van der Waals surface area (Å²) in [4.78, 5) is 5.49. The van der Waals surface area contributed by atoms with E-state index in [0.717, 1.165) is 12.1 Å². The Morgan fingerprint density at radius 2 is 1.56 bits per heavy atom. The molecule has 4 atom stereocenters. The molecule has 0 amide bonds.